The van der Waals surface area contributed by atoms with Crippen LogP contribution < -0.4 is 10.6 Å². The molecule has 2 N–H and O–H groups in total. The Kier molecular flexibility index (Phi) is 3.87. The van der Waals surface area contributed by atoms with Crippen LogP contribution in [-0.4, -0.2) is 10.9 Å². The van der Waals surface area contributed by atoms with Gasteiger partial charge in [-0.3, -0.25) is 9.78 Å². The summed E-state index contributed by atoms with van der Waals surface area (Å²) in [5.41, 5.74) is 5.96. The lowest BCUT2D eigenvalue weighted by Crippen LogP contribution is -2.10. The molecule has 3 aromatic carbocycles. The molecule has 0 spiro atoms. The highest BCUT2D eigenvalue weighted by molar-refractivity contribution is 6.37. The number of amides is 1. The predicted octanol–water partition coefficient (Wildman–Crippen LogP) is 5.17. The summed E-state index contributed by atoms with van der Waals surface area (Å²) in [7, 11) is 0. The Morgan fingerprint density at radius 2 is 1.68 bits per heavy atom. The molecule has 2 heterocycles. The maximum atomic E-state index is 12.8. The number of nitrogens with one attached hydrogen (secondary N) is 2. The van der Waals surface area contributed by atoms with Gasteiger partial charge in [0.2, 0.25) is 0 Å². The summed E-state index contributed by atoms with van der Waals surface area (Å²) in [4.78, 5) is 17.2. The van der Waals surface area contributed by atoms with Gasteiger partial charge in [-0.15, -0.1) is 0 Å². The molecular weight excluding hydrogens is 346 g/mol. The molecule has 0 aliphatic carbocycles. The predicted molar refractivity (Wildman–Crippen MR) is 114 cm³/mol. The maximum Gasteiger partial charge on any atom is 0.258 e. The van der Waals surface area contributed by atoms with Crippen molar-refractivity contribution in [3.05, 3.63) is 102 Å². The SMILES string of the molecule is O=C1Nc2ccccc2C1=C(Nc1ccc2ncccc2c1)c1ccccc1. The van der Waals surface area contributed by atoms with Crippen molar-refractivity contribution < 1.29 is 4.79 Å². The summed E-state index contributed by atoms with van der Waals surface area (Å²) in [6, 6.07) is 27.6. The Hall–Kier alpha value is -3.92. The van der Waals surface area contributed by atoms with Gasteiger partial charge < -0.3 is 10.6 Å². The van der Waals surface area contributed by atoms with E-state index in [1.165, 1.54) is 0 Å². The Balaban J connectivity index is 1.68. The zero-order valence-electron chi connectivity index (χ0n) is 15.0. The van der Waals surface area contributed by atoms with E-state index < -0.39 is 0 Å². The third-order valence-corrected chi connectivity index (χ3v) is 4.86. The number of hydrogen-bond acceptors (Lipinski definition) is 3. The van der Waals surface area contributed by atoms with Crippen molar-refractivity contribution in [1.82, 2.24) is 4.98 Å². The van der Waals surface area contributed by atoms with Crippen molar-refractivity contribution >= 4 is 39.5 Å². The normalized spacial score (nSPS) is 14.5. The minimum absolute atomic E-state index is 0.102. The molecule has 0 saturated heterocycles. The van der Waals surface area contributed by atoms with Crippen LogP contribution >= 0.6 is 0 Å². The molecular formula is C24H17N3O. The lowest BCUT2D eigenvalue weighted by atomic mass is 10.00. The smallest absolute Gasteiger partial charge is 0.258 e. The summed E-state index contributed by atoms with van der Waals surface area (Å²) in [5, 5.41) is 7.50. The van der Waals surface area contributed by atoms with Crippen LogP contribution in [0, 0.1) is 0 Å². The molecule has 4 nitrogen and oxygen atoms in total. The molecule has 28 heavy (non-hydrogen) atoms. The van der Waals surface area contributed by atoms with E-state index in [9.17, 15) is 4.79 Å². The maximum absolute atomic E-state index is 12.8. The minimum Gasteiger partial charge on any atom is -0.354 e. The summed E-state index contributed by atoms with van der Waals surface area (Å²) < 4.78 is 0. The fourth-order valence-electron chi connectivity index (χ4n) is 3.55. The summed E-state index contributed by atoms with van der Waals surface area (Å²) in [5.74, 6) is -0.102. The highest BCUT2D eigenvalue weighted by Crippen LogP contribution is 2.37. The van der Waals surface area contributed by atoms with Gasteiger partial charge in [-0.2, -0.15) is 0 Å². The number of carbonyl (C=O) groups excluding carboxylic acids is 1. The number of para-hydroxylation sites is 1. The number of carbonyl (C=O) groups is 1. The Morgan fingerprint density at radius 1 is 0.857 bits per heavy atom. The molecule has 0 saturated carbocycles. The number of pyridine rings is 1. The van der Waals surface area contributed by atoms with Gasteiger partial charge in [0, 0.05) is 28.5 Å². The van der Waals surface area contributed by atoms with Gasteiger partial charge in [0.15, 0.2) is 0 Å². The molecule has 5 rings (SSSR count). The number of fused-ring (bicyclic) bond motifs is 2. The van der Waals surface area contributed by atoms with Crippen molar-refractivity contribution in [3.63, 3.8) is 0 Å². The molecule has 1 aromatic heterocycles. The first-order chi connectivity index (χ1) is 13.8. The molecule has 4 aromatic rings. The highest BCUT2D eigenvalue weighted by Gasteiger charge is 2.28. The highest BCUT2D eigenvalue weighted by atomic mass is 16.2. The molecule has 4 heteroatoms. The van der Waals surface area contributed by atoms with Crippen LogP contribution in [0.2, 0.25) is 0 Å². The van der Waals surface area contributed by atoms with Gasteiger partial charge in [0.05, 0.1) is 16.8 Å². The quantitative estimate of drug-likeness (QED) is 0.494. The van der Waals surface area contributed by atoms with Gasteiger partial charge in [0.25, 0.3) is 5.91 Å². The monoisotopic (exact) mass is 363 g/mol. The van der Waals surface area contributed by atoms with Crippen molar-refractivity contribution in [3.8, 4) is 0 Å². The number of hydrogen-bond donors (Lipinski definition) is 2. The second kappa shape index (κ2) is 6.67. The lowest BCUT2D eigenvalue weighted by molar-refractivity contribution is -0.110. The molecule has 1 aliphatic rings. The fourth-order valence-corrected chi connectivity index (χ4v) is 3.55. The Morgan fingerprint density at radius 3 is 2.57 bits per heavy atom. The second-order valence-corrected chi connectivity index (χ2v) is 6.65. The molecule has 1 amide bonds. The van der Waals surface area contributed by atoms with Crippen LogP contribution in [0.15, 0.2) is 91.1 Å². The van der Waals surface area contributed by atoms with Crippen LogP contribution in [0.25, 0.3) is 22.2 Å². The first kappa shape index (κ1) is 16.3. The minimum atomic E-state index is -0.102. The molecule has 0 fully saturated rings. The first-order valence-corrected chi connectivity index (χ1v) is 9.12. The van der Waals surface area contributed by atoms with Gasteiger partial charge in [-0.1, -0.05) is 54.6 Å². The van der Waals surface area contributed by atoms with Gasteiger partial charge in [0.1, 0.15) is 0 Å². The topological polar surface area (TPSA) is 54.0 Å². The molecule has 134 valence electrons. The standard InChI is InChI=1S/C24H17N3O/c28-24-22(19-10-4-5-11-21(19)27-24)23(16-7-2-1-3-8-16)26-18-12-13-20-17(15-18)9-6-14-25-20/h1-15,26H,(H,27,28). The van der Waals surface area contributed by atoms with E-state index in [2.05, 4.69) is 15.6 Å². The van der Waals surface area contributed by atoms with Crippen LogP contribution in [0.4, 0.5) is 11.4 Å². The van der Waals surface area contributed by atoms with Crippen LogP contribution in [0.3, 0.4) is 0 Å². The van der Waals surface area contributed by atoms with Crippen LogP contribution in [0.1, 0.15) is 11.1 Å². The fraction of sp³-hybridized carbons (Fsp3) is 0. The number of anilines is 2. The summed E-state index contributed by atoms with van der Waals surface area (Å²) >= 11 is 0. The van der Waals surface area contributed by atoms with Gasteiger partial charge in [-0.25, -0.2) is 0 Å². The first-order valence-electron chi connectivity index (χ1n) is 9.12. The zero-order valence-corrected chi connectivity index (χ0v) is 15.0. The number of rotatable bonds is 3. The largest absolute Gasteiger partial charge is 0.354 e. The van der Waals surface area contributed by atoms with E-state index in [1.54, 1.807) is 6.20 Å². The third kappa shape index (κ3) is 2.81. The van der Waals surface area contributed by atoms with E-state index in [4.69, 9.17) is 0 Å². The second-order valence-electron chi connectivity index (χ2n) is 6.65. The molecule has 0 radical (unpaired) electrons. The van der Waals surface area contributed by atoms with Crippen LogP contribution in [0.5, 0.6) is 0 Å². The van der Waals surface area contributed by atoms with Crippen molar-refractivity contribution in [1.29, 1.82) is 0 Å². The van der Waals surface area contributed by atoms with E-state index in [-0.39, 0.29) is 5.91 Å². The molecule has 0 unspecified atom stereocenters. The summed E-state index contributed by atoms with van der Waals surface area (Å²) in [6.07, 6.45) is 1.78. The van der Waals surface area contributed by atoms with E-state index >= 15 is 0 Å². The lowest BCUT2D eigenvalue weighted by Gasteiger charge is -2.15. The Labute approximate surface area is 162 Å². The number of aromatic nitrogens is 1. The van der Waals surface area contributed by atoms with E-state index in [1.807, 2.05) is 84.9 Å². The Bertz CT molecular complexity index is 1230. The van der Waals surface area contributed by atoms with Crippen LogP contribution in [-0.2, 0) is 4.79 Å². The average Bonchev–Trinajstić information content (AvgIpc) is 3.08. The van der Waals surface area contributed by atoms with Gasteiger partial charge >= 0.3 is 0 Å². The molecule has 0 bridgehead atoms. The van der Waals surface area contributed by atoms with E-state index in [0.29, 0.717) is 5.57 Å². The molecule has 0 atom stereocenters. The molecule has 1 aliphatic heterocycles. The van der Waals surface area contributed by atoms with E-state index in [0.717, 1.165) is 39.1 Å². The average molecular weight is 363 g/mol. The third-order valence-electron chi connectivity index (χ3n) is 4.86. The summed E-state index contributed by atoms with van der Waals surface area (Å²) in [6.45, 7) is 0. The van der Waals surface area contributed by atoms with Gasteiger partial charge in [-0.05, 0) is 35.9 Å². The number of benzene rings is 3. The van der Waals surface area contributed by atoms with Crippen molar-refractivity contribution in [2.75, 3.05) is 10.6 Å². The zero-order chi connectivity index (χ0) is 18.9. The van der Waals surface area contributed by atoms with Crippen molar-refractivity contribution in [2.24, 2.45) is 0 Å². The number of nitrogens with zero attached hydrogens (tertiary/aromatic N) is 1. The van der Waals surface area contributed by atoms with Crippen molar-refractivity contribution in [2.45, 2.75) is 0 Å².